The van der Waals surface area contributed by atoms with Crippen molar-refractivity contribution in [3.8, 4) is 0 Å². The minimum absolute atomic E-state index is 0.0782. The highest BCUT2D eigenvalue weighted by atomic mass is 79.9. The Morgan fingerprint density at radius 2 is 1.94 bits per heavy atom. The van der Waals surface area contributed by atoms with Gasteiger partial charge in [-0.2, -0.15) is 4.31 Å². The minimum Gasteiger partial charge on any atom is -0.345 e. The molecule has 1 atom stereocenters. The van der Waals surface area contributed by atoms with Crippen LogP contribution in [-0.4, -0.2) is 67.3 Å². The largest absolute Gasteiger partial charge is 0.345 e. The van der Waals surface area contributed by atoms with Gasteiger partial charge in [0, 0.05) is 37.2 Å². The lowest BCUT2D eigenvalue weighted by Gasteiger charge is -2.37. The van der Waals surface area contributed by atoms with Crippen LogP contribution in [0, 0.1) is 0 Å². The summed E-state index contributed by atoms with van der Waals surface area (Å²) in [4.78, 5) is 22.0. The van der Waals surface area contributed by atoms with Crippen LogP contribution in [0.2, 0.25) is 0 Å². The Hall–Kier alpha value is -1.53. The summed E-state index contributed by atoms with van der Waals surface area (Å²) < 4.78 is 29.8. The number of hydrogen-bond donors (Lipinski definition) is 0. The molecule has 1 amide bonds. The normalized spacial score (nSPS) is 20.6. The molecule has 7 nitrogen and oxygen atoms in total. The number of halogens is 1. The lowest BCUT2D eigenvalue weighted by molar-refractivity contribution is -0.134. The molecule has 5 rings (SSSR count). The van der Waals surface area contributed by atoms with Crippen molar-refractivity contribution in [2.75, 3.05) is 37.6 Å². The standard InChI is InChI=1S/C20H21BrN4O3S3/c21-14-5-6-15-17(13-14)30-20(22-15)24-10-8-23(9-11-24)19(26)16-3-1-7-25(16)31(27,28)18-4-2-12-29-18/h2,4-6,12-13,16H,1,3,7-11H2. The van der Waals surface area contributed by atoms with E-state index in [2.05, 4.69) is 26.9 Å². The van der Waals surface area contributed by atoms with Gasteiger partial charge in [-0.25, -0.2) is 13.4 Å². The van der Waals surface area contributed by atoms with Gasteiger partial charge in [-0.3, -0.25) is 4.79 Å². The van der Waals surface area contributed by atoms with Crippen LogP contribution in [0.1, 0.15) is 12.8 Å². The van der Waals surface area contributed by atoms with E-state index in [-0.39, 0.29) is 5.91 Å². The van der Waals surface area contributed by atoms with E-state index in [1.807, 2.05) is 17.0 Å². The number of anilines is 1. The second-order valence-electron chi connectivity index (χ2n) is 7.63. The Kier molecular flexibility index (Phi) is 5.80. The van der Waals surface area contributed by atoms with Gasteiger partial charge in [0.15, 0.2) is 5.13 Å². The van der Waals surface area contributed by atoms with E-state index in [1.54, 1.807) is 28.8 Å². The summed E-state index contributed by atoms with van der Waals surface area (Å²) in [6, 6.07) is 8.79. The number of thiophene rings is 1. The van der Waals surface area contributed by atoms with E-state index < -0.39 is 16.1 Å². The molecule has 4 heterocycles. The summed E-state index contributed by atoms with van der Waals surface area (Å²) in [6.45, 7) is 2.93. The molecule has 0 bridgehead atoms. The number of sulfonamides is 1. The van der Waals surface area contributed by atoms with E-state index in [9.17, 15) is 13.2 Å². The molecule has 0 spiro atoms. The summed E-state index contributed by atoms with van der Waals surface area (Å²) >= 11 is 6.35. The van der Waals surface area contributed by atoms with E-state index in [0.717, 1.165) is 19.8 Å². The summed E-state index contributed by atoms with van der Waals surface area (Å²) in [7, 11) is -3.62. The maximum absolute atomic E-state index is 13.2. The van der Waals surface area contributed by atoms with Crippen LogP contribution in [-0.2, 0) is 14.8 Å². The predicted octanol–water partition coefficient (Wildman–Crippen LogP) is 3.62. The van der Waals surface area contributed by atoms with Crippen molar-refractivity contribution < 1.29 is 13.2 Å². The molecule has 31 heavy (non-hydrogen) atoms. The summed E-state index contributed by atoms with van der Waals surface area (Å²) in [5.41, 5.74) is 0.974. The molecule has 2 saturated heterocycles. The van der Waals surface area contributed by atoms with E-state index in [4.69, 9.17) is 4.98 Å². The maximum Gasteiger partial charge on any atom is 0.253 e. The average molecular weight is 542 g/mol. The molecule has 164 valence electrons. The number of rotatable bonds is 4. The maximum atomic E-state index is 13.2. The van der Waals surface area contributed by atoms with Crippen LogP contribution in [0.25, 0.3) is 10.2 Å². The monoisotopic (exact) mass is 540 g/mol. The third kappa shape index (κ3) is 4.02. The van der Waals surface area contributed by atoms with Gasteiger partial charge in [-0.05, 0) is 42.5 Å². The number of thiazole rings is 1. The molecule has 0 radical (unpaired) electrons. The fourth-order valence-electron chi connectivity index (χ4n) is 4.15. The highest BCUT2D eigenvalue weighted by Crippen LogP contribution is 2.32. The SMILES string of the molecule is O=C(C1CCCN1S(=O)(=O)c1cccs1)N1CCN(c2nc3ccc(Br)cc3s2)CC1. The second-order valence-corrected chi connectivity index (χ2v) is 12.6. The zero-order chi connectivity index (χ0) is 21.6. The van der Waals surface area contributed by atoms with Gasteiger partial charge in [-0.15, -0.1) is 11.3 Å². The number of nitrogens with zero attached hydrogens (tertiary/aromatic N) is 4. The molecule has 2 aliphatic heterocycles. The molecule has 1 aromatic carbocycles. The minimum atomic E-state index is -3.62. The lowest BCUT2D eigenvalue weighted by Crippen LogP contribution is -2.54. The first kappa shape index (κ1) is 21.3. The van der Waals surface area contributed by atoms with Crippen LogP contribution in [0.4, 0.5) is 5.13 Å². The number of carbonyl (C=O) groups is 1. The molecule has 2 aromatic heterocycles. The predicted molar refractivity (Wildman–Crippen MR) is 127 cm³/mol. The van der Waals surface area contributed by atoms with Gasteiger partial charge in [-0.1, -0.05) is 33.3 Å². The van der Waals surface area contributed by atoms with Crippen molar-refractivity contribution in [1.29, 1.82) is 0 Å². The van der Waals surface area contributed by atoms with Gasteiger partial charge in [0.05, 0.1) is 10.2 Å². The number of hydrogen-bond acceptors (Lipinski definition) is 7. The smallest absolute Gasteiger partial charge is 0.253 e. The molecule has 0 N–H and O–H groups in total. The van der Waals surface area contributed by atoms with Crippen molar-refractivity contribution in [2.45, 2.75) is 23.1 Å². The zero-order valence-electron chi connectivity index (χ0n) is 16.6. The molecule has 0 saturated carbocycles. The summed E-state index contributed by atoms with van der Waals surface area (Å²) in [6.07, 6.45) is 1.29. The molecular weight excluding hydrogens is 520 g/mol. The number of benzene rings is 1. The summed E-state index contributed by atoms with van der Waals surface area (Å²) in [5, 5.41) is 2.71. The van der Waals surface area contributed by atoms with E-state index >= 15 is 0 Å². The van der Waals surface area contributed by atoms with Gasteiger partial charge < -0.3 is 9.80 Å². The van der Waals surface area contributed by atoms with Crippen molar-refractivity contribution in [2.24, 2.45) is 0 Å². The molecule has 1 unspecified atom stereocenters. The van der Waals surface area contributed by atoms with Crippen LogP contribution in [0.5, 0.6) is 0 Å². The third-order valence-corrected chi connectivity index (χ3v) is 10.6. The van der Waals surface area contributed by atoms with Crippen molar-refractivity contribution in [1.82, 2.24) is 14.2 Å². The Bertz CT molecular complexity index is 1200. The van der Waals surface area contributed by atoms with Gasteiger partial charge in [0.2, 0.25) is 5.91 Å². The highest BCUT2D eigenvalue weighted by Gasteiger charge is 2.42. The molecule has 3 aromatic rings. The van der Waals surface area contributed by atoms with Gasteiger partial charge in [0.25, 0.3) is 10.0 Å². The Morgan fingerprint density at radius 3 is 2.68 bits per heavy atom. The van der Waals surface area contributed by atoms with Crippen LogP contribution >= 0.6 is 38.6 Å². The zero-order valence-corrected chi connectivity index (χ0v) is 20.6. The van der Waals surface area contributed by atoms with Crippen LogP contribution < -0.4 is 4.90 Å². The fraction of sp³-hybridized carbons (Fsp3) is 0.400. The average Bonchev–Trinajstić information content (AvgIpc) is 3.53. The lowest BCUT2D eigenvalue weighted by atomic mass is 10.2. The number of fused-ring (bicyclic) bond motifs is 1. The van der Waals surface area contributed by atoms with Gasteiger partial charge in [0.1, 0.15) is 10.3 Å². The van der Waals surface area contributed by atoms with E-state index in [0.29, 0.717) is 49.8 Å². The number of piperazine rings is 1. The summed E-state index contributed by atoms with van der Waals surface area (Å²) in [5.74, 6) is -0.0782. The topological polar surface area (TPSA) is 73.8 Å². The quantitative estimate of drug-likeness (QED) is 0.505. The Morgan fingerprint density at radius 1 is 1.13 bits per heavy atom. The van der Waals surface area contributed by atoms with Crippen molar-refractivity contribution in [3.05, 3.63) is 40.2 Å². The third-order valence-electron chi connectivity index (χ3n) is 5.75. The highest BCUT2D eigenvalue weighted by molar-refractivity contribution is 9.10. The first-order chi connectivity index (χ1) is 14.9. The van der Waals surface area contributed by atoms with Crippen LogP contribution in [0.15, 0.2) is 44.4 Å². The van der Waals surface area contributed by atoms with Crippen molar-refractivity contribution >= 4 is 69.9 Å². The second kappa shape index (κ2) is 8.43. The first-order valence-electron chi connectivity index (χ1n) is 10.1. The fourth-order valence-corrected chi connectivity index (χ4v) is 8.49. The van der Waals surface area contributed by atoms with E-state index in [1.165, 1.54) is 15.6 Å². The first-order valence-corrected chi connectivity index (χ1v) is 14.0. The molecule has 0 aliphatic carbocycles. The number of carbonyl (C=O) groups excluding carboxylic acids is 1. The molecule has 11 heteroatoms. The Labute approximate surface area is 197 Å². The van der Waals surface area contributed by atoms with Gasteiger partial charge >= 0.3 is 0 Å². The van der Waals surface area contributed by atoms with Crippen molar-refractivity contribution in [3.63, 3.8) is 0 Å². The van der Waals surface area contributed by atoms with Crippen LogP contribution in [0.3, 0.4) is 0 Å². The number of aromatic nitrogens is 1. The molecule has 2 fully saturated rings. The Balaban J connectivity index is 1.27. The number of amides is 1. The molecular formula is C20H21BrN4O3S3. The molecule has 2 aliphatic rings.